The highest BCUT2D eigenvalue weighted by molar-refractivity contribution is 5.81. The molecule has 156 valence electrons. The molecule has 3 aromatic carbocycles. The van der Waals surface area contributed by atoms with Gasteiger partial charge in [-0.1, -0.05) is 103 Å². The van der Waals surface area contributed by atoms with Gasteiger partial charge >= 0.3 is 0 Å². The first-order chi connectivity index (χ1) is 15.3. The maximum absolute atomic E-state index is 12.1. The Bertz CT molecular complexity index is 933. The predicted octanol–water partition coefficient (Wildman–Crippen LogP) is 6.15. The fraction of sp³-hybridized carbons (Fsp3) is 0.276. The fourth-order valence-corrected chi connectivity index (χ4v) is 4.43. The first-order valence-electron chi connectivity index (χ1n) is 11.1. The number of Topliss-reactive ketones (excluding diaryl/α,β-unsaturated/α-hetero) is 1. The molecule has 0 amide bonds. The molecule has 0 aliphatic heterocycles. The average molecular weight is 409 g/mol. The van der Waals surface area contributed by atoms with E-state index in [0.29, 0.717) is 25.2 Å². The van der Waals surface area contributed by atoms with Gasteiger partial charge < -0.3 is 4.74 Å². The van der Waals surface area contributed by atoms with Crippen molar-refractivity contribution in [3.05, 3.63) is 108 Å². The first-order valence-corrected chi connectivity index (χ1v) is 11.1. The minimum absolute atomic E-state index is 0.100. The molecule has 1 aliphatic rings. The average Bonchev–Trinajstić information content (AvgIpc) is 2.84. The quantitative estimate of drug-likeness (QED) is 0.361. The van der Waals surface area contributed by atoms with Crippen molar-refractivity contribution in [2.24, 2.45) is 5.92 Å². The van der Waals surface area contributed by atoms with Crippen molar-refractivity contribution in [1.29, 1.82) is 0 Å². The van der Waals surface area contributed by atoms with Crippen LogP contribution in [0.3, 0.4) is 0 Å². The number of carbonyl (C=O) groups excluding carboxylic acids is 1. The monoisotopic (exact) mass is 408 g/mol. The molecule has 0 radical (unpaired) electrons. The highest BCUT2D eigenvalue weighted by Crippen LogP contribution is 2.40. The summed E-state index contributed by atoms with van der Waals surface area (Å²) in [5.41, 5.74) is 2.45. The topological polar surface area (TPSA) is 26.3 Å². The van der Waals surface area contributed by atoms with E-state index in [9.17, 15) is 4.79 Å². The van der Waals surface area contributed by atoms with E-state index in [1.165, 1.54) is 0 Å². The molecule has 0 spiro atoms. The number of carbonyl (C=O) groups is 1. The Morgan fingerprint density at radius 2 is 1.26 bits per heavy atom. The van der Waals surface area contributed by atoms with Crippen molar-refractivity contribution >= 4 is 5.78 Å². The van der Waals surface area contributed by atoms with Gasteiger partial charge in [0.15, 0.2) is 0 Å². The van der Waals surface area contributed by atoms with Crippen molar-refractivity contribution in [1.82, 2.24) is 0 Å². The van der Waals surface area contributed by atoms with E-state index in [-0.39, 0.29) is 5.92 Å². The van der Waals surface area contributed by atoms with Crippen LogP contribution in [0, 0.1) is 17.8 Å². The van der Waals surface area contributed by atoms with Crippen molar-refractivity contribution < 1.29 is 9.53 Å². The van der Waals surface area contributed by atoms with Gasteiger partial charge in [0, 0.05) is 18.8 Å². The molecule has 0 N–H and O–H groups in total. The van der Waals surface area contributed by atoms with Crippen molar-refractivity contribution in [2.45, 2.75) is 37.7 Å². The third kappa shape index (κ3) is 4.79. The minimum Gasteiger partial charge on any atom is -0.348 e. The molecule has 1 atom stereocenters. The van der Waals surface area contributed by atoms with Crippen LogP contribution in [0.2, 0.25) is 0 Å². The summed E-state index contributed by atoms with van der Waals surface area (Å²) in [6.07, 6.45) is 4.48. The van der Waals surface area contributed by atoms with Gasteiger partial charge in [-0.25, -0.2) is 0 Å². The number of ketones is 1. The van der Waals surface area contributed by atoms with E-state index in [1.807, 2.05) is 54.6 Å². The Labute approximate surface area is 185 Å². The molecule has 2 nitrogen and oxygen atoms in total. The number of hydrogen-bond donors (Lipinski definition) is 0. The second kappa shape index (κ2) is 10.2. The number of rotatable bonds is 6. The van der Waals surface area contributed by atoms with Crippen molar-refractivity contribution in [2.75, 3.05) is 6.61 Å². The lowest BCUT2D eigenvalue weighted by atomic mass is 9.80. The van der Waals surface area contributed by atoms with Crippen LogP contribution in [0.15, 0.2) is 91.0 Å². The molecule has 1 fully saturated rings. The number of benzene rings is 3. The zero-order chi connectivity index (χ0) is 21.4. The molecular weight excluding hydrogens is 380 g/mol. The van der Waals surface area contributed by atoms with Gasteiger partial charge in [0.25, 0.3) is 0 Å². The van der Waals surface area contributed by atoms with Crippen LogP contribution in [0.4, 0.5) is 0 Å². The first kappa shape index (κ1) is 21.1. The largest absolute Gasteiger partial charge is 0.348 e. The van der Waals surface area contributed by atoms with Gasteiger partial charge in [-0.15, -0.1) is 5.92 Å². The van der Waals surface area contributed by atoms with E-state index >= 15 is 0 Å². The molecule has 2 heteroatoms. The lowest BCUT2D eigenvalue weighted by Crippen LogP contribution is -2.33. The van der Waals surface area contributed by atoms with Crippen LogP contribution in [0.5, 0.6) is 0 Å². The van der Waals surface area contributed by atoms with Crippen molar-refractivity contribution in [3.8, 4) is 11.8 Å². The van der Waals surface area contributed by atoms with E-state index in [4.69, 9.17) is 4.74 Å². The van der Waals surface area contributed by atoms with Gasteiger partial charge in [0.1, 0.15) is 18.0 Å². The van der Waals surface area contributed by atoms with Crippen LogP contribution in [-0.4, -0.2) is 12.4 Å². The zero-order valence-corrected chi connectivity index (χ0v) is 17.8. The van der Waals surface area contributed by atoms with Gasteiger partial charge in [0.05, 0.1) is 0 Å². The smallest absolute Gasteiger partial charge is 0.145 e. The zero-order valence-electron chi connectivity index (χ0n) is 17.8. The summed E-state index contributed by atoms with van der Waals surface area (Å²) >= 11 is 0. The van der Waals surface area contributed by atoms with Crippen molar-refractivity contribution in [3.63, 3.8) is 0 Å². The van der Waals surface area contributed by atoms with Crippen LogP contribution in [0.25, 0.3) is 0 Å². The molecule has 1 aliphatic carbocycles. The SMILES string of the molecule is O=C1CCCCC1CC#CCOC(c1ccccc1)(c1ccccc1)c1ccccc1. The normalized spacial score (nSPS) is 16.4. The number of hydrogen-bond acceptors (Lipinski definition) is 2. The Morgan fingerprint density at radius 1 is 0.742 bits per heavy atom. The highest BCUT2D eigenvalue weighted by Gasteiger charge is 2.37. The minimum atomic E-state index is -0.751. The standard InChI is InChI=1S/C29H28O2/c30-28-22-11-10-14-24(28)15-12-13-23-31-29(25-16-4-1-5-17-25,26-18-6-2-7-19-26)27-20-8-3-9-21-27/h1-9,16-21,24H,10-11,14-15,22-23H2. The summed E-state index contributed by atoms with van der Waals surface area (Å²) in [5, 5.41) is 0. The van der Waals surface area contributed by atoms with Gasteiger partial charge in [-0.05, 0) is 29.5 Å². The summed E-state index contributed by atoms with van der Waals surface area (Å²) in [7, 11) is 0. The van der Waals surface area contributed by atoms with Gasteiger partial charge in [-0.3, -0.25) is 4.79 Å². The molecule has 1 unspecified atom stereocenters. The number of ether oxygens (including phenoxy) is 1. The summed E-state index contributed by atoms with van der Waals surface area (Å²) < 4.78 is 6.65. The molecule has 3 aromatic rings. The van der Waals surface area contributed by atoms with E-state index in [0.717, 1.165) is 36.0 Å². The predicted molar refractivity (Wildman–Crippen MR) is 125 cm³/mol. The Kier molecular flexibility index (Phi) is 6.97. The molecule has 0 aromatic heterocycles. The second-order valence-electron chi connectivity index (χ2n) is 8.03. The maximum Gasteiger partial charge on any atom is 0.145 e. The fourth-order valence-electron chi connectivity index (χ4n) is 4.43. The summed E-state index contributed by atoms with van der Waals surface area (Å²) in [6.45, 7) is 0.291. The molecule has 0 saturated heterocycles. The van der Waals surface area contributed by atoms with E-state index in [1.54, 1.807) is 0 Å². The molecule has 31 heavy (non-hydrogen) atoms. The third-order valence-electron chi connectivity index (χ3n) is 6.06. The van der Waals surface area contributed by atoms with Crippen LogP contribution in [-0.2, 0) is 15.1 Å². The van der Waals surface area contributed by atoms with Gasteiger partial charge in [-0.2, -0.15) is 0 Å². The van der Waals surface area contributed by atoms with Crippen LogP contribution >= 0.6 is 0 Å². The van der Waals surface area contributed by atoms with E-state index < -0.39 is 5.60 Å². The van der Waals surface area contributed by atoms with Crippen LogP contribution in [0.1, 0.15) is 48.8 Å². The highest BCUT2D eigenvalue weighted by atomic mass is 16.5. The summed E-state index contributed by atoms with van der Waals surface area (Å²) in [5.74, 6) is 6.88. The van der Waals surface area contributed by atoms with Gasteiger partial charge in [0.2, 0.25) is 0 Å². The molecule has 1 saturated carbocycles. The maximum atomic E-state index is 12.1. The summed E-state index contributed by atoms with van der Waals surface area (Å²) in [6, 6.07) is 30.9. The lowest BCUT2D eigenvalue weighted by molar-refractivity contribution is -0.124. The Balaban J connectivity index is 1.65. The summed E-state index contributed by atoms with van der Waals surface area (Å²) in [4.78, 5) is 12.1. The molecular formula is C29H28O2. The third-order valence-corrected chi connectivity index (χ3v) is 6.06. The second-order valence-corrected chi connectivity index (χ2v) is 8.03. The lowest BCUT2D eigenvalue weighted by Gasteiger charge is -2.35. The molecule has 0 heterocycles. The Hall–Kier alpha value is -3.15. The Morgan fingerprint density at radius 3 is 1.74 bits per heavy atom. The van der Waals surface area contributed by atoms with E-state index in [2.05, 4.69) is 48.2 Å². The molecule has 4 rings (SSSR count). The molecule has 0 bridgehead atoms. The van der Waals surface area contributed by atoms with Crippen LogP contribution < -0.4 is 0 Å².